The maximum atomic E-state index is 14.8. The lowest BCUT2D eigenvalue weighted by Gasteiger charge is -2.19. The third-order valence-corrected chi connectivity index (χ3v) is 6.16. The van der Waals surface area contributed by atoms with Crippen LogP contribution >= 0.6 is 0 Å². The number of allylic oxidation sites excluding steroid dienone is 2. The van der Waals surface area contributed by atoms with Crippen LogP contribution in [0.1, 0.15) is 35.0 Å². The SMILES string of the molecule is CCc1cc(Nc2nccn3c(C4=CCC(OC)C(F)=C4F)cnc23)ccc1C(=O)NCCNCCN. The van der Waals surface area contributed by atoms with Gasteiger partial charge in [-0.2, -0.15) is 0 Å². The van der Waals surface area contributed by atoms with Crippen molar-refractivity contribution in [3.05, 3.63) is 71.3 Å². The van der Waals surface area contributed by atoms with Crippen molar-refractivity contribution in [2.45, 2.75) is 25.9 Å². The third kappa shape index (κ3) is 5.68. The molecule has 0 saturated carbocycles. The Kier molecular flexibility index (Phi) is 8.59. The smallest absolute Gasteiger partial charge is 0.251 e. The normalized spacial score (nSPS) is 15.7. The fraction of sp³-hybridized carbons (Fsp3) is 0.346. The number of rotatable bonds is 11. The van der Waals surface area contributed by atoms with Crippen molar-refractivity contribution < 1.29 is 18.3 Å². The zero-order valence-electron chi connectivity index (χ0n) is 20.9. The molecule has 1 aromatic carbocycles. The molecule has 2 aromatic heterocycles. The predicted molar refractivity (Wildman–Crippen MR) is 139 cm³/mol. The Morgan fingerprint density at radius 1 is 1.24 bits per heavy atom. The number of methoxy groups -OCH3 is 1. The number of halogens is 2. The van der Waals surface area contributed by atoms with Gasteiger partial charge in [0.15, 0.2) is 23.1 Å². The van der Waals surface area contributed by atoms with Gasteiger partial charge in [-0.3, -0.25) is 9.20 Å². The average molecular weight is 512 g/mol. The number of nitrogens with one attached hydrogen (secondary N) is 3. The van der Waals surface area contributed by atoms with Crippen LogP contribution < -0.4 is 21.7 Å². The molecule has 37 heavy (non-hydrogen) atoms. The highest BCUT2D eigenvalue weighted by Gasteiger charge is 2.28. The van der Waals surface area contributed by atoms with Gasteiger partial charge in [-0.15, -0.1) is 0 Å². The summed E-state index contributed by atoms with van der Waals surface area (Å²) in [5.41, 5.74) is 8.63. The van der Waals surface area contributed by atoms with E-state index in [0.29, 0.717) is 55.3 Å². The van der Waals surface area contributed by atoms with Crippen molar-refractivity contribution in [1.82, 2.24) is 25.0 Å². The van der Waals surface area contributed by atoms with Gasteiger partial charge in [-0.05, 0) is 36.6 Å². The van der Waals surface area contributed by atoms with E-state index in [1.165, 1.54) is 13.3 Å². The maximum absolute atomic E-state index is 14.8. The zero-order valence-corrected chi connectivity index (χ0v) is 20.9. The Hall–Kier alpha value is -3.67. The summed E-state index contributed by atoms with van der Waals surface area (Å²) >= 11 is 0. The molecular weight excluding hydrogens is 480 g/mol. The Balaban J connectivity index is 1.54. The molecule has 9 nitrogen and oxygen atoms in total. The highest BCUT2D eigenvalue weighted by atomic mass is 19.2. The van der Waals surface area contributed by atoms with Gasteiger partial charge in [0.1, 0.15) is 6.10 Å². The summed E-state index contributed by atoms with van der Waals surface area (Å²) in [5.74, 6) is -1.59. The largest absolute Gasteiger partial charge is 0.374 e. The molecule has 5 N–H and O–H groups in total. The highest BCUT2D eigenvalue weighted by Crippen LogP contribution is 2.36. The molecule has 1 aliphatic rings. The molecule has 1 unspecified atom stereocenters. The molecule has 0 radical (unpaired) electrons. The van der Waals surface area contributed by atoms with Crippen molar-refractivity contribution in [2.24, 2.45) is 5.73 Å². The molecule has 4 rings (SSSR count). The monoisotopic (exact) mass is 511 g/mol. The molecule has 0 saturated heterocycles. The number of imidazole rings is 1. The minimum Gasteiger partial charge on any atom is -0.374 e. The molecule has 1 aliphatic carbocycles. The molecule has 0 bridgehead atoms. The van der Waals surface area contributed by atoms with Crippen LogP contribution in [0.25, 0.3) is 11.2 Å². The number of carbonyl (C=O) groups is 1. The summed E-state index contributed by atoms with van der Waals surface area (Å²) in [7, 11) is 1.35. The van der Waals surface area contributed by atoms with E-state index in [1.807, 2.05) is 13.0 Å². The second-order valence-electron chi connectivity index (χ2n) is 8.50. The van der Waals surface area contributed by atoms with Crippen molar-refractivity contribution >= 4 is 28.6 Å². The van der Waals surface area contributed by atoms with E-state index in [0.717, 1.165) is 11.3 Å². The first-order chi connectivity index (χ1) is 18.0. The van der Waals surface area contributed by atoms with Gasteiger partial charge >= 0.3 is 0 Å². The number of nitrogens with two attached hydrogens (primary N) is 1. The van der Waals surface area contributed by atoms with Gasteiger partial charge in [-0.25, -0.2) is 18.7 Å². The Morgan fingerprint density at radius 2 is 2.08 bits per heavy atom. The summed E-state index contributed by atoms with van der Waals surface area (Å²) in [5, 5.41) is 9.29. The topological polar surface area (TPSA) is 119 Å². The number of aromatic nitrogens is 3. The third-order valence-electron chi connectivity index (χ3n) is 6.16. The van der Waals surface area contributed by atoms with E-state index in [9.17, 15) is 13.6 Å². The van der Waals surface area contributed by atoms with E-state index < -0.39 is 17.8 Å². The fourth-order valence-corrected chi connectivity index (χ4v) is 4.22. The van der Waals surface area contributed by atoms with Gasteiger partial charge in [0.25, 0.3) is 5.91 Å². The van der Waals surface area contributed by atoms with Gasteiger partial charge in [0.05, 0.1) is 11.9 Å². The Morgan fingerprint density at radius 3 is 2.84 bits per heavy atom. The summed E-state index contributed by atoms with van der Waals surface area (Å²) in [4.78, 5) is 21.5. The van der Waals surface area contributed by atoms with Crippen LogP contribution in [0.15, 0.2) is 54.5 Å². The molecule has 0 aliphatic heterocycles. The lowest BCUT2D eigenvalue weighted by molar-refractivity contribution is 0.0953. The van der Waals surface area contributed by atoms with Gasteiger partial charge in [-0.1, -0.05) is 13.0 Å². The first kappa shape index (κ1) is 26.4. The van der Waals surface area contributed by atoms with Crippen LogP contribution in [0.5, 0.6) is 0 Å². The predicted octanol–water partition coefficient (Wildman–Crippen LogP) is 3.27. The molecular formula is C26H31F2N7O2. The molecule has 0 spiro atoms. The fourth-order valence-electron chi connectivity index (χ4n) is 4.22. The van der Waals surface area contributed by atoms with Crippen molar-refractivity contribution in [3.63, 3.8) is 0 Å². The summed E-state index contributed by atoms with van der Waals surface area (Å²) in [6, 6.07) is 5.45. The lowest BCUT2D eigenvalue weighted by Crippen LogP contribution is -2.34. The number of hydrogen-bond acceptors (Lipinski definition) is 7. The van der Waals surface area contributed by atoms with Crippen molar-refractivity contribution in [1.29, 1.82) is 0 Å². The number of amides is 1. The number of fused-ring (bicyclic) bond motifs is 1. The van der Waals surface area contributed by atoms with Crippen LogP contribution in [0.2, 0.25) is 0 Å². The lowest BCUT2D eigenvalue weighted by atomic mass is 10.0. The van der Waals surface area contributed by atoms with Gasteiger partial charge in [0.2, 0.25) is 0 Å². The van der Waals surface area contributed by atoms with Crippen LogP contribution in [0.4, 0.5) is 20.3 Å². The minimum absolute atomic E-state index is 0.123. The summed E-state index contributed by atoms with van der Waals surface area (Å²) in [6.45, 7) is 4.36. The molecule has 2 heterocycles. The second-order valence-corrected chi connectivity index (χ2v) is 8.50. The Labute approximate surface area is 213 Å². The van der Waals surface area contributed by atoms with E-state index in [-0.39, 0.29) is 17.9 Å². The number of hydrogen-bond donors (Lipinski definition) is 4. The molecule has 1 atom stereocenters. The number of anilines is 2. The van der Waals surface area contributed by atoms with E-state index in [4.69, 9.17) is 10.5 Å². The molecule has 11 heteroatoms. The van der Waals surface area contributed by atoms with Crippen LogP contribution in [-0.2, 0) is 11.2 Å². The first-order valence-corrected chi connectivity index (χ1v) is 12.2. The van der Waals surface area contributed by atoms with E-state index in [1.54, 1.807) is 35.0 Å². The number of ether oxygens (including phenoxy) is 1. The van der Waals surface area contributed by atoms with Crippen LogP contribution in [0, 0.1) is 0 Å². The second kappa shape index (κ2) is 12.0. The number of benzene rings is 1. The van der Waals surface area contributed by atoms with Gasteiger partial charge in [0, 0.05) is 62.5 Å². The standard InChI is InChI=1S/C26H31F2N7O2/c1-3-16-14-17(4-5-18(16)26(36)32-11-10-30-9-8-29)34-24-25-33-15-20(35(25)13-12-31-24)19-6-7-21(37-2)23(28)22(19)27/h4-6,12-15,21,30H,3,7-11,29H2,1-2H3,(H,31,34)(H,32,36). The van der Waals surface area contributed by atoms with Crippen LogP contribution in [-0.4, -0.2) is 59.7 Å². The molecule has 3 aromatic rings. The Bertz CT molecular complexity index is 1340. The minimum atomic E-state index is -0.956. The quantitative estimate of drug-likeness (QED) is 0.292. The number of carbonyl (C=O) groups excluding carboxylic acids is 1. The maximum Gasteiger partial charge on any atom is 0.251 e. The first-order valence-electron chi connectivity index (χ1n) is 12.2. The number of nitrogens with zero attached hydrogens (tertiary/aromatic N) is 3. The number of aryl methyl sites for hydroxylation is 1. The van der Waals surface area contributed by atoms with Crippen LogP contribution in [0.3, 0.4) is 0 Å². The molecule has 0 fully saturated rings. The molecule has 196 valence electrons. The highest BCUT2D eigenvalue weighted by molar-refractivity contribution is 5.96. The van der Waals surface area contributed by atoms with Crippen molar-refractivity contribution in [3.8, 4) is 0 Å². The van der Waals surface area contributed by atoms with Gasteiger partial charge < -0.3 is 26.4 Å². The van der Waals surface area contributed by atoms with Crippen molar-refractivity contribution in [2.75, 3.05) is 38.6 Å². The molecule has 1 amide bonds. The average Bonchev–Trinajstić information content (AvgIpc) is 3.35. The summed E-state index contributed by atoms with van der Waals surface area (Å²) in [6.07, 6.45) is 6.25. The zero-order chi connectivity index (χ0) is 26.4. The van der Waals surface area contributed by atoms with E-state index >= 15 is 0 Å². The van der Waals surface area contributed by atoms with E-state index in [2.05, 4.69) is 25.9 Å². The summed E-state index contributed by atoms with van der Waals surface area (Å²) < 4.78 is 35.8.